The van der Waals surface area contributed by atoms with Gasteiger partial charge in [0.1, 0.15) is 12.1 Å². The monoisotopic (exact) mass is 489 g/mol. The van der Waals surface area contributed by atoms with E-state index in [1.54, 1.807) is 10.7 Å². The highest BCUT2D eigenvalue weighted by molar-refractivity contribution is 7.92. The molecule has 2 heterocycles. The number of nitrogens with one attached hydrogen (secondary N) is 1. The molecule has 0 spiro atoms. The van der Waals surface area contributed by atoms with Crippen molar-refractivity contribution in [3.63, 3.8) is 0 Å². The number of fused-ring (bicyclic) bond motifs is 1. The number of hydrogen-bond donors (Lipinski definition) is 1. The Morgan fingerprint density at radius 3 is 2.63 bits per heavy atom. The Balaban J connectivity index is 1.39. The summed E-state index contributed by atoms with van der Waals surface area (Å²) in [5.74, 6) is -0.222. The minimum absolute atomic E-state index is 0.00252. The molecule has 0 atom stereocenters. The number of carbonyl (C=O) groups is 1. The SMILES string of the molecule is COc1ccc(S(=O)(=O)N2CCc3ccccc32)cc1C(=O)Nc1ncn(Cc2ccccc2)n1. The molecule has 0 fully saturated rings. The van der Waals surface area contributed by atoms with Crippen molar-refractivity contribution in [1.82, 2.24) is 14.8 Å². The number of carbonyl (C=O) groups excluding carboxylic acids is 1. The normalized spacial score (nSPS) is 12.9. The Bertz CT molecular complexity index is 1480. The Labute approximate surface area is 203 Å². The first-order chi connectivity index (χ1) is 17.0. The van der Waals surface area contributed by atoms with Gasteiger partial charge in [-0.3, -0.25) is 14.4 Å². The lowest BCUT2D eigenvalue weighted by molar-refractivity contribution is 0.102. The molecule has 1 N–H and O–H groups in total. The third kappa shape index (κ3) is 4.47. The van der Waals surface area contributed by atoms with Gasteiger partial charge < -0.3 is 4.74 Å². The summed E-state index contributed by atoms with van der Waals surface area (Å²) in [4.78, 5) is 17.2. The first-order valence-electron chi connectivity index (χ1n) is 11.0. The van der Waals surface area contributed by atoms with Crippen molar-refractivity contribution in [2.75, 3.05) is 23.3 Å². The Kier molecular flexibility index (Phi) is 5.96. The molecule has 0 unspecified atom stereocenters. The van der Waals surface area contributed by atoms with Gasteiger partial charge in [0.25, 0.3) is 15.9 Å². The number of sulfonamides is 1. The van der Waals surface area contributed by atoms with Gasteiger partial charge in [-0.15, -0.1) is 5.10 Å². The fraction of sp³-hybridized carbons (Fsp3) is 0.160. The highest BCUT2D eigenvalue weighted by Gasteiger charge is 2.31. The molecule has 178 valence electrons. The lowest BCUT2D eigenvalue weighted by atomic mass is 10.2. The maximum Gasteiger partial charge on any atom is 0.264 e. The van der Waals surface area contributed by atoms with Gasteiger partial charge in [0, 0.05) is 6.54 Å². The van der Waals surface area contributed by atoms with Crippen LogP contribution in [0.25, 0.3) is 0 Å². The number of rotatable bonds is 7. The molecule has 1 aromatic heterocycles. The second-order valence-corrected chi connectivity index (χ2v) is 9.89. The zero-order chi connectivity index (χ0) is 24.4. The molecule has 9 nitrogen and oxygen atoms in total. The van der Waals surface area contributed by atoms with Crippen LogP contribution in [-0.2, 0) is 23.0 Å². The smallest absolute Gasteiger partial charge is 0.264 e. The van der Waals surface area contributed by atoms with E-state index in [-0.39, 0.29) is 22.2 Å². The number of nitrogens with zero attached hydrogens (tertiary/aromatic N) is 4. The maximum absolute atomic E-state index is 13.4. The fourth-order valence-electron chi connectivity index (χ4n) is 4.08. The van der Waals surface area contributed by atoms with Gasteiger partial charge in [-0.2, -0.15) is 0 Å². The van der Waals surface area contributed by atoms with Crippen LogP contribution in [0.5, 0.6) is 5.75 Å². The van der Waals surface area contributed by atoms with Crippen LogP contribution in [-0.4, -0.2) is 42.7 Å². The molecule has 35 heavy (non-hydrogen) atoms. The number of hydrogen-bond acceptors (Lipinski definition) is 6. The molecule has 0 saturated heterocycles. The summed E-state index contributed by atoms with van der Waals surface area (Å²) in [6, 6.07) is 21.4. The number of amides is 1. The number of benzene rings is 3. The molecule has 1 aliphatic heterocycles. The van der Waals surface area contributed by atoms with Crippen LogP contribution < -0.4 is 14.4 Å². The summed E-state index contributed by atoms with van der Waals surface area (Å²) < 4.78 is 35.2. The van der Waals surface area contributed by atoms with Gasteiger partial charge in [-0.25, -0.2) is 18.1 Å². The molecule has 5 rings (SSSR count). The van der Waals surface area contributed by atoms with E-state index >= 15 is 0 Å². The van der Waals surface area contributed by atoms with Crippen LogP contribution in [0.3, 0.4) is 0 Å². The minimum atomic E-state index is -3.87. The average Bonchev–Trinajstić information content (AvgIpc) is 3.51. The van der Waals surface area contributed by atoms with Crippen molar-refractivity contribution >= 4 is 27.6 Å². The van der Waals surface area contributed by atoms with Gasteiger partial charge >= 0.3 is 0 Å². The van der Waals surface area contributed by atoms with Crippen LogP contribution in [0.1, 0.15) is 21.5 Å². The molecular weight excluding hydrogens is 466 g/mol. The quantitative estimate of drug-likeness (QED) is 0.427. The molecule has 3 aromatic carbocycles. The summed E-state index contributed by atoms with van der Waals surface area (Å²) in [6.45, 7) is 0.843. The fourth-order valence-corrected chi connectivity index (χ4v) is 5.61. The molecule has 0 bridgehead atoms. The number of methoxy groups -OCH3 is 1. The van der Waals surface area contributed by atoms with Crippen LogP contribution in [0.15, 0.2) is 84.0 Å². The molecule has 1 aliphatic rings. The lowest BCUT2D eigenvalue weighted by Gasteiger charge is -2.20. The van der Waals surface area contributed by atoms with Crippen molar-refractivity contribution < 1.29 is 17.9 Å². The van der Waals surface area contributed by atoms with Gasteiger partial charge in [0.15, 0.2) is 0 Å². The maximum atomic E-state index is 13.4. The van der Waals surface area contributed by atoms with Gasteiger partial charge in [0.2, 0.25) is 5.95 Å². The topological polar surface area (TPSA) is 106 Å². The van der Waals surface area contributed by atoms with Crippen LogP contribution >= 0.6 is 0 Å². The van der Waals surface area contributed by atoms with E-state index in [0.717, 1.165) is 11.1 Å². The molecule has 0 aliphatic carbocycles. The lowest BCUT2D eigenvalue weighted by Crippen LogP contribution is -2.29. The summed E-state index contributed by atoms with van der Waals surface area (Å²) >= 11 is 0. The number of aromatic nitrogens is 3. The van der Waals surface area contributed by atoms with Gasteiger partial charge in [-0.05, 0) is 41.8 Å². The standard InChI is InChI=1S/C25H23N5O4S/c1-34-23-12-11-20(35(32,33)30-14-13-19-9-5-6-10-22(19)30)15-21(23)24(31)27-25-26-17-29(28-25)16-18-7-3-2-4-8-18/h2-12,15,17H,13-14,16H2,1H3,(H,27,28,31). The summed E-state index contributed by atoms with van der Waals surface area (Å²) in [5.41, 5.74) is 2.74. The molecule has 0 saturated carbocycles. The summed E-state index contributed by atoms with van der Waals surface area (Å²) in [5, 5.41) is 6.92. The van der Waals surface area contributed by atoms with Crippen molar-refractivity contribution in [2.24, 2.45) is 0 Å². The van der Waals surface area contributed by atoms with Crippen LogP contribution in [0, 0.1) is 0 Å². The average molecular weight is 490 g/mol. The van der Waals surface area contributed by atoms with E-state index in [9.17, 15) is 13.2 Å². The Hall–Kier alpha value is -4.18. The molecule has 4 aromatic rings. The number of para-hydroxylation sites is 1. The highest BCUT2D eigenvalue weighted by Crippen LogP contribution is 2.34. The predicted molar refractivity (Wildman–Crippen MR) is 131 cm³/mol. The summed E-state index contributed by atoms with van der Waals surface area (Å²) in [7, 11) is -2.45. The number of anilines is 2. The third-order valence-electron chi connectivity index (χ3n) is 5.80. The van der Waals surface area contributed by atoms with Crippen molar-refractivity contribution in [2.45, 2.75) is 17.9 Å². The second-order valence-electron chi connectivity index (χ2n) is 8.02. The number of ether oxygens (including phenoxy) is 1. The van der Waals surface area contributed by atoms with Gasteiger partial charge in [0.05, 0.1) is 29.8 Å². The third-order valence-corrected chi connectivity index (χ3v) is 7.61. The largest absolute Gasteiger partial charge is 0.496 e. The van der Waals surface area contributed by atoms with Crippen molar-refractivity contribution in [3.05, 3.63) is 95.8 Å². The van der Waals surface area contributed by atoms with E-state index in [0.29, 0.717) is 25.2 Å². The van der Waals surface area contributed by atoms with E-state index < -0.39 is 15.9 Å². The summed E-state index contributed by atoms with van der Waals surface area (Å²) in [6.07, 6.45) is 2.15. The van der Waals surface area contributed by atoms with Gasteiger partial charge in [-0.1, -0.05) is 48.5 Å². The Morgan fingerprint density at radius 2 is 1.83 bits per heavy atom. The zero-order valence-electron chi connectivity index (χ0n) is 19.0. The Morgan fingerprint density at radius 1 is 1.06 bits per heavy atom. The highest BCUT2D eigenvalue weighted by atomic mass is 32.2. The van der Waals surface area contributed by atoms with Crippen molar-refractivity contribution in [1.29, 1.82) is 0 Å². The zero-order valence-corrected chi connectivity index (χ0v) is 19.8. The van der Waals surface area contributed by atoms with Crippen LogP contribution in [0.2, 0.25) is 0 Å². The molecule has 0 radical (unpaired) electrons. The van der Waals surface area contributed by atoms with Crippen LogP contribution in [0.4, 0.5) is 11.6 Å². The van der Waals surface area contributed by atoms with E-state index in [4.69, 9.17) is 4.74 Å². The molecular formula is C25H23N5O4S. The first kappa shape index (κ1) is 22.6. The second kappa shape index (κ2) is 9.22. The van der Waals surface area contributed by atoms with E-state index in [1.807, 2.05) is 48.5 Å². The van der Waals surface area contributed by atoms with E-state index in [1.165, 1.54) is 35.9 Å². The first-order valence-corrected chi connectivity index (χ1v) is 12.4. The molecule has 1 amide bonds. The minimum Gasteiger partial charge on any atom is -0.496 e. The molecule has 10 heteroatoms. The van der Waals surface area contributed by atoms with E-state index in [2.05, 4.69) is 15.4 Å². The predicted octanol–water partition coefficient (Wildman–Crippen LogP) is 3.34. The van der Waals surface area contributed by atoms with Crippen molar-refractivity contribution in [3.8, 4) is 5.75 Å².